The summed E-state index contributed by atoms with van der Waals surface area (Å²) in [6.07, 6.45) is 4.25. The molecule has 3 heterocycles. The largest absolute Gasteiger partial charge is 0.480 e. The average molecular weight is 422 g/mol. The lowest BCUT2D eigenvalue weighted by atomic mass is 9.96. The van der Waals surface area contributed by atoms with Crippen molar-refractivity contribution in [3.8, 4) is 5.75 Å². The summed E-state index contributed by atoms with van der Waals surface area (Å²) in [6.45, 7) is 7.21. The Morgan fingerprint density at radius 1 is 1.21 bits per heavy atom. The molecule has 3 aliphatic rings. The normalized spacial score (nSPS) is 25.7. The molecular weight excluding hydrogens is 390 g/mol. The molecule has 0 spiro atoms. The Kier molecular flexibility index (Phi) is 7.06. The second-order valence-electron chi connectivity index (χ2n) is 8.54. The summed E-state index contributed by atoms with van der Waals surface area (Å²) in [6, 6.07) is 4.14. The monoisotopic (exact) mass is 421 g/mol. The zero-order valence-electron chi connectivity index (χ0n) is 17.3. The van der Waals surface area contributed by atoms with Crippen LogP contribution >= 0.6 is 12.4 Å². The first kappa shape index (κ1) is 21.9. The molecule has 2 N–H and O–H groups in total. The van der Waals surface area contributed by atoms with Gasteiger partial charge in [-0.2, -0.15) is 0 Å². The summed E-state index contributed by atoms with van der Waals surface area (Å²) >= 11 is 0. The lowest BCUT2D eigenvalue weighted by molar-refractivity contribution is -0.139. The van der Waals surface area contributed by atoms with Crippen LogP contribution in [0.1, 0.15) is 42.4 Å². The Labute approximate surface area is 179 Å². The number of hydrogen-bond donors (Lipinski definition) is 2. The first-order valence-electron chi connectivity index (χ1n) is 10.6. The second kappa shape index (κ2) is 9.35. The summed E-state index contributed by atoms with van der Waals surface area (Å²) in [5, 5.41) is 6.31. The number of rotatable bonds is 4. The fourth-order valence-electron chi connectivity index (χ4n) is 4.56. The summed E-state index contributed by atoms with van der Waals surface area (Å²) < 4.78 is 5.99. The van der Waals surface area contributed by atoms with E-state index in [0.717, 1.165) is 50.1 Å². The molecule has 0 saturated carbocycles. The van der Waals surface area contributed by atoms with E-state index in [0.29, 0.717) is 25.4 Å². The van der Waals surface area contributed by atoms with Gasteiger partial charge in [0.25, 0.3) is 5.91 Å². The number of carbonyl (C=O) groups is 2. The van der Waals surface area contributed by atoms with Crippen LogP contribution in [-0.4, -0.2) is 55.0 Å². The van der Waals surface area contributed by atoms with Crippen LogP contribution in [-0.2, 0) is 16.0 Å². The third-order valence-electron chi connectivity index (χ3n) is 6.40. The highest BCUT2D eigenvalue weighted by atomic mass is 35.5. The number of nitrogens with zero attached hydrogens (tertiary/aromatic N) is 1. The van der Waals surface area contributed by atoms with Gasteiger partial charge in [0.05, 0.1) is 6.04 Å². The molecule has 0 aliphatic carbocycles. The summed E-state index contributed by atoms with van der Waals surface area (Å²) in [5.41, 5.74) is 3.56. The fraction of sp³-hybridized carbons (Fsp3) is 0.636. The third kappa shape index (κ3) is 4.86. The minimum atomic E-state index is -0.410. The Hall–Kier alpha value is -1.79. The van der Waals surface area contributed by atoms with Gasteiger partial charge in [-0.05, 0) is 74.8 Å². The van der Waals surface area contributed by atoms with Crippen molar-refractivity contribution in [3.63, 3.8) is 0 Å². The van der Waals surface area contributed by atoms with Crippen LogP contribution in [0.4, 0.5) is 0 Å². The van der Waals surface area contributed by atoms with E-state index in [1.54, 1.807) is 0 Å². The standard InChI is InChI=1S/C22H31N3O3.ClH/c1-14-9-17-11-20(28-19(17)10-15(14)2)22(27)25-8-4-5-16(13-25)12-24-21(26)18-6-3-7-23-18;/h9-10,16,18,20,23H,3-8,11-13H2,1-2H3,(H,24,26);1H. The van der Waals surface area contributed by atoms with E-state index in [-0.39, 0.29) is 30.3 Å². The van der Waals surface area contributed by atoms with Gasteiger partial charge in [-0.3, -0.25) is 9.59 Å². The molecule has 3 atom stereocenters. The minimum Gasteiger partial charge on any atom is -0.480 e. The predicted molar refractivity (Wildman–Crippen MR) is 115 cm³/mol. The lowest BCUT2D eigenvalue weighted by Gasteiger charge is -2.34. The smallest absolute Gasteiger partial charge is 0.264 e. The molecule has 1 aromatic rings. The molecule has 4 rings (SSSR count). The van der Waals surface area contributed by atoms with Crippen molar-refractivity contribution in [1.82, 2.24) is 15.5 Å². The highest BCUT2D eigenvalue weighted by molar-refractivity contribution is 5.85. The van der Waals surface area contributed by atoms with E-state index >= 15 is 0 Å². The van der Waals surface area contributed by atoms with Crippen LogP contribution < -0.4 is 15.4 Å². The Balaban J connectivity index is 0.00000240. The highest BCUT2D eigenvalue weighted by Crippen LogP contribution is 2.32. The Bertz CT molecular complexity index is 733. The quantitative estimate of drug-likeness (QED) is 0.781. The summed E-state index contributed by atoms with van der Waals surface area (Å²) in [5.74, 6) is 1.35. The number of hydrogen-bond acceptors (Lipinski definition) is 4. The first-order chi connectivity index (χ1) is 13.5. The van der Waals surface area contributed by atoms with Crippen LogP contribution in [0.25, 0.3) is 0 Å². The van der Waals surface area contributed by atoms with E-state index in [2.05, 4.69) is 30.5 Å². The van der Waals surface area contributed by atoms with Crippen molar-refractivity contribution < 1.29 is 14.3 Å². The highest BCUT2D eigenvalue weighted by Gasteiger charge is 2.35. The number of benzene rings is 1. The van der Waals surface area contributed by atoms with Gasteiger partial charge < -0.3 is 20.3 Å². The number of ether oxygens (including phenoxy) is 1. The van der Waals surface area contributed by atoms with E-state index in [1.165, 1.54) is 11.1 Å². The maximum atomic E-state index is 13.0. The van der Waals surface area contributed by atoms with Gasteiger partial charge in [0, 0.05) is 26.1 Å². The van der Waals surface area contributed by atoms with Gasteiger partial charge >= 0.3 is 0 Å². The molecule has 3 unspecified atom stereocenters. The van der Waals surface area contributed by atoms with Crippen LogP contribution in [0.3, 0.4) is 0 Å². The number of aryl methyl sites for hydroxylation is 2. The van der Waals surface area contributed by atoms with Crippen molar-refractivity contribution >= 4 is 24.2 Å². The van der Waals surface area contributed by atoms with Gasteiger partial charge in [-0.1, -0.05) is 6.07 Å². The molecule has 1 aromatic carbocycles. The van der Waals surface area contributed by atoms with Crippen molar-refractivity contribution in [2.45, 2.75) is 58.1 Å². The Morgan fingerprint density at radius 3 is 2.76 bits per heavy atom. The van der Waals surface area contributed by atoms with Crippen molar-refractivity contribution in [2.75, 3.05) is 26.2 Å². The fourth-order valence-corrected chi connectivity index (χ4v) is 4.56. The number of nitrogens with one attached hydrogen (secondary N) is 2. The molecule has 2 saturated heterocycles. The predicted octanol–water partition coefficient (Wildman–Crippen LogP) is 2.14. The molecule has 3 aliphatic heterocycles. The molecular formula is C22H32ClN3O3. The van der Waals surface area contributed by atoms with Gasteiger partial charge in [-0.25, -0.2) is 0 Å². The van der Waals surface area contributed by atoms with Gasteiger partial charge in [-0.15, -0.1) is 12.4 Å². The molecule has 7 heteroatoms. The van der Waals surface area contributed by atoms with Crippen LogP contribution in [0.2, 0.25) is 0 Å². The van der Waals surface area contributed by atoms with E-state index in [1.807, 2.05) is 11.0 Å². The van der Waals surface area contributed by atoms with Gasteiger partial charge in [0.1, 0.15) is 5.75 Å². The van der Waals surface area contributed by atoms with Crippen LogP contribution in [0.5, 0.6) is 5.75 Å². The molecule has 29 heavy (non-hydrogen) atoms. The van der Waals surface area contributed by atoms with E-state index in [9.17, 15) is 9.59 Å². The number of fused-ring (bicyclic) bond motifs is 1. The molecule has 2 fully saturated rings. The zero-order valence-corrected chi connectivity index (χ0v) is 18.1. The zero-order chi connectivity index (χ0) is 19.7. The van der Waals surface area contributed by atoms with E-state index in [4.69, 9.17) is 4.74 Å². The second-order valence-corrected chi connectivity index (χ2v) is 8.54. The molecule has 160 valence electrons. The summed E-state index contributed by atoms with van der Waals surface area (Å²) in [4.78, 5) is 27.2. The third-order valence-corrected chi connectivity index (χ3v) is 6.40. The maximum Gasteiger partial charge on any atom is 0.264 e. The van der Waals surface area contributed by atoms with Crippen molar-refractivity contribution in [1.29, 1.82) is 0 Å². The molecule has 0 bridgehead atoms. The molecule has 2 amide bonds. The first-order valence-corrected chi connectivity index (χ1v) is 10.6. The van der Waals surface area contributed by atoms with Crippen molar-refractivity contribution in [2.24, 2.45) is 5.92 Å². The Morgan fingerprint density at radius 2 is 2.00 bits per heavy atom. The summed E-state index contributed by atoms with van der Waals surface area (Å²) in [7, 11) is 0. The molecule has 0 aromatic heterocycles. The van der Waals surface area contributed by atoms with Gasteiger partial charge in [0.2, 0.25) is 5.91 Å². The number of carbonyl (C=O) groups excluding carboxylic acids is 2. The number of amides is 2. The van der Waals surface area contributed by atoms with Crippen molar-refractivity contribution in [3.05, 3.63) is 28.8 Å². The maximum absolute atomic E-state index is 13.0. The average Bonchev–Trinajstić information content (AvgIpc) is 3.36. The number of piperidine rings is 1. The van der Waals surface area contributed by atoms with Crippen LogP contribution in [0, 0.1) is 19.8 Å². The van der Waals surface area contributed by atoms with Gasteiger partial charge in [0.15, 0.2) is 6.10 Å². The minimum absolute atomic E-state index is 0. The number of likely N-dealkylation sites (tertiary alicyclic amines) is 1. The van der Waals surface area contributed by atoms with Crippen LogP contribution in [0.15, 0.2) is 12.1 Å². The molecule has 0 radical (unpaired) electrons. The van der Waals surface area contributed by atoms with E-state index < -0.39 is 6.10 Å². The molecule has 6 nitrogen and oxygen atoms in total. The lowest BCUT2D eigenvalue weighted by Crippen LogP contribution is -2.49. The topological polar surface area (TPSA) is 70.7 Å². The number of halogens is 1. The SMILES string of the molecule is Cc1cc2c(cc1C)OC(C(=O)N1CCCC(CNC(=O)C3CCCN3)C1)C2.Cl.